The van der Waals surface area contributed by atoms with Crippen LogP contribution in [0.5, 0.6) is 0 Å². The Bertz CT molecular complexity index is 983. The SMILES string of the molecule is Cc1ccnc(Nc2nc(CC(=O)N3CCN(c4ccc(Cl)cc4)CC3)cs2)c1. The van der Waals surface area contributed by atoms with Crippen molar-refractivity contribution in [3.05, 3.63) is 64.3 Å². The highest BCUT2D eigenvalue weighted by atomic mass is 35.5. The van der Waals surface area contributed by atoms with Crippen LogP contribution in [0.15, 0.2) is 48.0 Å². The zero-order valence-electron chi connectivity index (χ0n) is 16.1. The third-order valence-electron chi connectivity index (χ3n) is 4.86. The monoisotopic (exact) mass is 427 g/mol. The molecule has 0 unspecified atom stereocenters. The van der Waals surface area contributed by atoms with E-state index in [2.05, 4.69) is 20.2 Å². The highest BCUT2D eigenvalue weighted by molar-refractivity contribution is 7.13. The van der Waals surface area contributed by atoms with E-state index in [9.17, 15) is 4.79 Å². The summed E-state index contributed by atoms with van der Waals surface area (Å²) >= 11 is 7.45. The van der Waals surface area contributed by atoms with Crippen molar-refractivity contribution in [2.24, 2.45) is 0 Å². The summed E-state index contributed by atoms with van der Waals surface area (Å²) in [5.41, 5.74) is 3.06. The molecule has 3 aromatic rings. The number of hydrogen-bond acceptors (Lipinski definition) is 6. The zero-order valence-corrected chi connectivity index (χ0v) is 17.7. The maximum atomic E-state index is 12.7. The molecule has 1 aliphatic rings. The van der Waals surface area contributed by atoms with Gasteiger partial charge in [0.2, 0.25) is 5.91 Å². The average Bonchev–Trinajstić information content (AvgIpc) is 3.15. The smallest absolute Gasteiger partial charge is 0.228 e. The van der Waals surface area contributed by atoms with Crippen LogP contribution in [-0.4, -0.2) is 47.0 Å². The normalized spacial score (nSPS) is 14.1. The summed E-state index contributed by atoms with van der Waals surface area (Å²) in [4.78, 5) is 25.7. The number of piperazine rings is 1. The summed E-state index contributed by atoms with van der Waals surface area (Å²) < 4.78 is 0. The van der Waals surface area contributed by atoms with Gasteiger partial charge in [0, 0.05) is 48.5 Å². The van der Waals surface area contributed by atoms with Crippen LogP contribution in [0.3, 0.4) is 0 Å². The number of pyridine rings is 1. The van der Waals surface area contributed by atoms with Gasteiger partial charge in [0.15, 0.2) is 5.13 Å². The molecule has 1 saturated heterocycles. The van der Waals surface area contributed by atoms with E-state index < -0.39 is 0 Å². The van der Waals surface area contributed by atoms with Crippen molar-refractivity contribution in [3.63, 3.8) is 0 Å². The number of anilines is 3. The van der Waals surface area contributed by atoms with Crippen molar-refractivity contribution in [1.29, 1.82) is 0 Å². The molecule has 3 heterocycles. The second-order valence-electron chi connectivity index (χ2n) is 7.01. The molecule has 1 aromatic carbocycles. The van der Waals surface area contributed by atoms with E-state index in [1.54, 1.807) is 6.20 Å². The first-order valence-electron chi connectivity index (χ1n) is 9.49. The molecule has 8 heteroatoms. The van der Waals surface area contributed by atoms with E-state index in [1.807, 2.05) is 53.6 Å². The number of halogens is 1. The van der Waals surface area contributed by atoms with Gasteiger partial charge in [0.25, 0.3) is 0 Å². The summed E-state index contributed by atoms with van der Waals surface area (Å²) in [6.45, 7) is 5.08. The molecule has 29 heavy (non-hydrogen) atoms. The molecule has 150 valence electrons. The second-order valence-corrected chi connectivity index (χ2v) is 8.30. The molecule has 0 spiro atoms. The van der Waals surface area contributed by atoms with Gasteiger partial charge in [-0.05, 0) is 48.9 Å². The number of carbonyl (C=O) groups is 1. The molecule has 0 bridgehead atoms. The fraction of sp³-hybridized carbons (Fsp3) is 0.286. The first-order chi connectivity index (χ1) is 14.1. The quantitative estimate of drug-likeness (QED) is 0.663. The lowest BCUT2D eigenvalue weighted by molar-refractivity contribution is -0.130. The summed E-state index contributed by atoms with van der Waals surface area (Å²) in [6.07, 6.45) is 2.08. The second kappa shape index (κ2) is 8.80. The Balaban J connectivity index is 1.30. The Kier molecular flexibility index (Phi) is 5.97. The predicted molar refractivity (Wildman–Crippen MR) is 118 cm³/mol. The van der Waals surface area contributed by atoms with E-state index in [1.165, 1.54) is 11.3 Å². The zero-order chi connectivity index (χ0) is 20.2. The van der Waals surface area contributed by atoms with Gasteiger partial charge in [-0.25, -0.2) is 9.97 Å². The first kappa shape index (κ1) is 19.7. The molecule has 1 aliphatic heterocycles. The molecule has 0 radical (unpaired) electrons. The van der Waals surface area contributed by atoms with Crippen LogP contribution in [0, 0.1) is 6.92 Å². The molecule has 0 aliphatic carbocycles. The lowest BCUT2D eigenvalue weighted by Crippen LogP contribution is -2.49. The number of nitrogens with zero attached hydrogens (tertiary/aromatic N) is 4. The van der Waals surface area contributed by atoms with Crippen molar-refractivity contribution in [2.45, 2.75) is 13.3 Å². The van der Waals surface area contributed by atoms with Gasteiger partial charge in [-0.15, -0.1) is 11.3 Å². The Morgan fingerprint density at radius 2 is 1.93 bits per heavy atom. The van der Waals surface area contributed by atoms with Crippen LogP contribution in [0.25, 0.3) is 0 Å². The van der Waals surface area contributed by atoms with Gasteiger partial charge >= 0.3 is 0 Å². The highest BCUT2D eigenvalue weighted by Crippen LogP contribution is 2.22. The van der Waals surface area contributed by atoms with E-state index in [-0.39, 0.29) is 5.91 Å². The number of rotatable bonds is 5. The average molecular weight is 428 g/mol. The lowest BCUT2D eigenvalue weighted by atomic mass is 10.2. The number of carbonyl (C=O) groups excluding carboxylic acids is 1. The molecule has 6 nitrogen and oxygen atoms in total. The van der Waals surface area contributed by atoms with Gasteiger partial charge in [-0.3, -0.25) is 4.79 Å². The van der Waals surface area contributed by atoms with Gasteiger partial charge in [-0.1, -0.05) is 11.6 Å². The Hall–Kier alpha value is -2.64. The summed E-state index contributed by atoms with van der Waals surface area (Å²) in [5.74, 6) is 0.877. The molecule has 2 aromatic heterocycles. The maximum absolute atomic E-state index is 12.7. The van der Waals surface area contributed by atoms with Crippen molar-refractivity contribution in [2.75, 3.05) is 36.4 Å². The van der Waals surface area contributed by atoms with E-state index >= 15 is 0 Å². The van der Waals surface area contributed by atoms with Crippen molar-refractivity contribution >= 4 is 45.5 Å². The van der Waals surface area contributed by atoms with Gasteiger partial charge in [0.1, 0.15) is 5.82 Å². The number of nitrogens with one attached hydrogen (secondary N) is 1. The minimum absolute atomic E-state index is 0.117. The fourth-order valence-corrected chi connectivity index (χ4v) is 4.14. The maximum Gasteiger partial charge on any atom is 0.228 e. The number of aryl methyl sites for hydroxylation is 1. The topological polar surface area (TPSA) is 61.4 Å². The molecule has 0 saturated carbocycles. The van der Waals surface area contributed by atoms with Crippen LogP contribution < -0.4 is 10.2 Å². The van der Waals surface area contributed by atoms with Crippen LogP contribution in [0.1, 0.15) is 11.3 Å². The summed E-state index contributed by atoms with van der Waals surface area (Å²) in [7, 11) is 0. The minimum Gasteiger partial charge on any atom is -0.368 e. The number of benzene rings is 1. The number of thiazole rings is 1. The summed E-state index contributed by atoms with van der Waals surface area (Å²) in [5, 5.41) is 6.61. The van der Waals surface area contributed by atoms with Gasteiger partial charge in [0.05, 0.1) is 12.1 Å². The molecule has 1 amide bonds. The Morgan fingerprint density at radius 3 is 2.66 bits per heavy atom. The van der Waals surface area contributed by atoms with Crippen LogP contribution >= 0.6 is 22.9 Å². The first-order valence-corrected chi connectivity index (χ1v) is 10.7. The van der Waals surface area contributed by atoms with E-state index in [4.69, 9.17) is 11.6 Å². The largest absolute Gasteiger partial charge is 0.368 e. The number of amides is 1. The van der Waals surface area contributed by atoms with Crippen molar-refractivity contribution in [3.8, 4) is 0 Å². The van der Waals surface area contributed by atoms with Gasteiger partial charge in [-0.2, -0.15) is 0 Å². The van der Waals surface area contributed by atoms with Crippen LogP contribution in [0.4, 0.5) is 16.6 Å². The lowest BCUT2D eigenvalue weighted by Gasteiger charge is -2.36. The third-order valence-corrected chi connectivity index (χ3v) is 5.92. The Morgan fingerprint density at radius 1 is 1.17 bits per heavy atom. The third kappa shape index (κ3) is 5.05. The molecule has 1 N–H and O–H groups in total. The van der Waals surface area contributed by atoms with E-state index in [0.29, 0.717) is 19.5 Å². The standard InChI is InChI=1S/C21H22ClN5OS/c1-15-6-7-23-19(12-15)25-21-24-17(14-29-21)13-20(28)27-10-8-26(9-11-27)18-4-2-16(22)3-5-18/h2-7,12,14H,8-11,13H2,1H3,(H,23,24,25). The number of aromatic nitrogens is 2. The van der Waals surface area contributed by atoms with Crippen molar-refractivity contribution < 1.29 is 4.79 Å². The molecule has 0 atom stereocenters. The van der Waals surface area contributed by atoms with E-state index in [0.717, 1.165) is 46.0 Å². The minimum atomic E-state index is 0.117. The van der Waals surface area contributed by atoms with Crippen LogP contribution in [0.2, 0.25) is 5.02 Å². The van der Waals surface area contributed by atoms with Crippen LogP contribution in [-0.2, 0) is 11.2 Å². The predicted octanol–water partition coefficient (Wildman–Crippen LogP) is 4.13. The van der Waals surface area contributed by atoms with Gasteiger partial charge < -0.3 is 15.1 Å². The molecule has 4 rings (SSSR count). The number of hydrogen-bond donors (Lipinski definition) is 1. The van der Waals surface area contributed by atoms with Crippen molar-refractivity contribution in [1.82, 2.24) is 14.9 Å². The fourth-order valence-electron chi connectivity index (χ4n) is 3.29. The molecular weight excluding hydrogens is 406 g/mol. The molecule has 1 fully saturated rings. The highest BCUT2D eigenvalue weighted by Gasteiger charge is 2.22. The summed E-state index contributed by atoms with van der Waals surface area (Å²) in [6, 6.07) is 11.7. The Labute approximate surface area is 179 Å². The molecular formula is C21H22ClN5OS.